The summed E-state index contributed by atoms with van der Waals surface area (Å²) in [5.74, 6) is 1.33. The van der Waals surface area contributed by atoms with E-state index in [1.165, 1.54) is 11.1 Å². The number of halogens is 1. The van der Waals surface area contributed by atoms with Crippen LogP contribution in [0.3, 0.4) is 0 Å². The maximum absolute atomic E-state index is 6.41. The zero-order valence-corrected chi connectivity index (χ0v) is 12.0. The Hall–Kier alpha value is -2.13. The van der Waals surface area contributed by atoms with E-state index in [1.54, 1.807) is 0 Å². The Morgan fingerprint density at radius 3 is 2.57 bits per heavy atom. The lowest BCUT2D eigenvalue weighted by molar-refractivity contribution is 0.421. The van der Waals surface area contributed by atoms with Gasteiger partial charge in [-0.3, -0.25) is 0 Å². The van der Waals surface area contributed by atoms with Gasteiger partial charge in [0.1, 0.15) is 5.38 Å². The van der Waals surface area contributed by atoms with Crippen LogP contribution in [0, 0.1) is 0 Å². The molecule has 3 aromatic rings. The van der Waals surface area contributed by atoms with Crippen LogP contribution in [0.5, 0.6) is 0 Å². The molecule has 0 spiro atoms. The molecule has 0 N–H and O–H groups in total. The highest BCUT2D eigenvalue weighted by atomic mass is 35.5. The minimum absolute atomic E-state index is 0.210. The van der Waals surface area contributed by atoms with Gasteiger partial charge >= 0.3 is 0 Å². The molecule has 104 valence electrons. The van der Waals surface area contributed by atoms with Crippen molar-refractivity contribution in [2.75, 3.05) is 0 Å². The third-order valence-electron chi connectivity index (χ3n) is 3.92. The van der Waals surface area contributed by atoms with Gasteiger partial charge in [0.25, 0.3) is 0 Å². The molecule has 1 aliphatic rings. The van der Waals surface area contributed by atoms with Crippen LogP contribution in [0.1, 0.15) is 39.8 Å². The average Bonchev–Trinajstić information content (AvgIpc) is 2.98. The summed E-state index contributed by atoms with van der Waals surface area (Å²) in [6.07, 6.45) is 0.954. The van der Waals surface area contributed by atoms with E-state index in [1.807, 2.05) is 36.4 Å². The minimum atomic E-state index is -0.400. The van der Waals surface area contributed by atoms with E-state index < -0.39 is 5.38 Å². The molecule has 3 nitrogen and oxygen atoms in total. The number of hydrogen-bond donors (Lipinski definition) is 0. The zero-order valence-electron chi connectivity index (χ0n) is 11.2. The van der Waals surface area contributed by atoms with Crippen LogP contribution in [0.4, 0.5) is 0 Å². The van der Waals surface area contributed by atoms with Gasteiger partial charge in [0.15, 0.2) is 0 Å². The second-order valence-electron chi connectivity index (χ2n) is 5.21. The molecule has 0 amide bonds. The first kappa shape index (κ1) is 12.6. The van der Waals surface area contributed by atoms with Crippen molar-refractivity contribution in [2.45, 2.75) is 17.7 Å². The van der Waals surface area contributed by atoms with Crippen LogP contribution in [0.15, 0.2) is 59.0 Å². The van der Waals surface area contributed by atoms with Crippen molar-refractivity contribution in [2.24, 2.45) is 0 Å². The Kier molecular flexibility index (Phi) is 3.00. The van der Waals surface area contributed by atoms with Crippen LogP contribution in [0.2, 0.25) is 0 Å². The topological polar surface area (TPSA) is 38.9 Å². The number of benzene rings is 2. The summed E-state index contributed by atoms with van der Waals surface area (Å²) in [6, 6.07) is 18.1. The van der Waals surface area contributed by atoms with Gasteiger partial charge in [-0.2, -0.15) is 0 Å². The van der Waals surface area contributed by atoms with Gasteiger partial charge < -0.3 is 4.42 Å². The molecule has 2 aromatic carbocycles. The Labute approximate surface area is 127 Å². The Morgan fingerprint density at radius 1 is 1.00 bits per heavy atom. The third-order valence-corrected chi connectivity index (χ3v) is 4.36. The van der Waals surface area contributed by atoms with Crippen molar-refractivity contribution in [3.8, 4) is 0 Å². The minimum Gasteiger partial charge on any atom is -0.423 e. The zero-order chi connectivity index (χ0) is 14.2. The summed E-state index contributed by atoms with van der Waals surface area (Å²) in [5.41, 5.74) is 3.59. The summed E-state index contributed by atoms with van der Waals surface area (Å²) < 4.78 is 5.81. The van der Waals surface area contributed by atoms with E-state index in [0.29, 0.717) is 11.8 Å². The number of alkyl halides is 1. The van der Waals surface area contributed by atoms with Crippen molar-refractivity contribution in [3.05, 3.63) is 83.1 Å². The van der Waals surface area contributed by atoms with Crippen molar-refractivity contribution in [1.82, 2.24) is 10.2 Å². The lowest BCUT2D eigenvalue weighted by Gasteiger charge is -2.26. The van der Waals surface area contributed by atoms with E-state index in [0.717, 1.165) is 12.0 Å². The third kappa shape index (κ3) is 2.14. The first-order valence-electron chi connectivity index (χ1n) is 6.93. The smallest absolute Gasteiger partial charge is 0.238 e. The lowest BCUT2D eigenvalue weighted by atomic mass is 9.77. The first-order valence-corrected chi connectivity index (χ1v) is 7.36. The van der Waals surface area contributed by atoms with E-state index in [9.17, 15) is 0 Å². The van der Waals surface area contributed by atoms with E-state index in [4.69, 9.17) is 16.0 Å². The maximum atomic E-state index is 6.41. The number of hydrogen-bond acceptors (Lipinski definition) is 3. The van der Waals surface area contributed by atoms with Gasteiger partial charge in [0.2, 0.25) is 11.8 Å². The highest BCUT2D eigenvalue weighted by Gasteiger charge is 2.32. The molecular formula is C17H13ClN2O. The van der Waals surface area contributed by atoms with Crippen LogP contribution >= 0.6 is 11.6 Å². The fourth-order valence-electron chi connectivity index (χ4n) is 2.73. The predicted molar refractivity (Wildman–Crippen MR) is 80.4 cm³/mol. The van der Waals surface area contributed by atoms with Crippen molar-refractivity contribution in [3.63, 3.8) is 0 Å². The molecule has 1 heterocycles. The molecular weight excluding hydrogens is 284 g/mol. The summed E-state index contributed by atoms with van der Waals surface area (Å²) in [6.45, 7) is 0. The molecule has 0 saturated heterocycles. The van der Waals surface area contributed by atoms with Gasteiger partial charge in [-0.05, 0) is 23.1 Å². The number of rotatable bonds is 3. The highest BCUT2D eigenvalue weighted by Crippen LogP contribution is 2.40. The van der Waals surface area contributed by atoms with E-state index in [2.05, 4.69) is 28.4 Å². The van der Waals surface area contributed by atoms with Crippen LogP contribution in [-0.2, 0) is 6.42 Å². The molecule has 2 unspecified atom stereocenters. The van der Waals surface area contributed by atoms with Crippen LogP contribution < -0.4 is 0 Å². The molecule has 21 heavy (non-hydrogen) atoms. The molecule has 2 atom stereocenters. The highest BCUT2D eigenvalue weighted by molar-refractivity contribution is 6.22. The molecule has 0 fully saturated rings. The SMILES string of the molecule is ClC(c1ccccc1)c1nnc(C2Cc3ccccc32)o1. The molecule has 1 aliphatic carbocycles. The summed E-state index contributed by atoms with van der Waals surface area (Å²) in [4.78, 5) is 0. The monoisotopic (exact) mass is 296 g/mol. The molecule has 0 radical (unpaired) electrons. The van der Waals surface area contributed by atoms with Gasteiger partial charge in [0, 0.05) is 0 Å². The lowest BCUT2D eigenvalue weighted by Crippen LogP contribution is -2.18. The van der Waals surface area contributed by atoms with Gasteiger partial charge in [-0.25, -0.2) is 0 Å². The van der Waals surface area contributed by atoms with Crippen LogP contribution in [0.25, 0.3) is 0 Å². The number of aromatic nitrogens is 2. The first-order chi connectivity index (χ1) is 10.3. The summed E-state index contributed by atoms with van der Waals surface area (Å²) in [5, 5.41) is 7.90. The second kappa shape index (κ2) is 5.01. The standard InChI is InChI=1S/C17H13ClN2O/c18-15(11-6-2-1-3-7-11)17-20-19-16(21-17)14-10-12-8-4-5-9-13(12)14/h1-9,14-15H,10H2. The molecule has 1 aromatic heterocycles. The predicted octanol–water partition coefficient (Wildman–Crippen LogP) is 4.09. The molecule has 4 heteroatoms. The Bertz CT molecular complexity index is 753. The van der Waals surface area contributed by atoms with Crippen molar-refractivity contribution in [1.29, 1.82) is 0 Å². The quantitative estimate of drug-likeness (QED) is 0.683. The Balaban J connectivity index is 1.60. The molecule has 4 rings (SSSR count). The number of nitrogens with zero attached hydrogens (tertiary/aromatic N) is 2. The van der Waals surface area contributed by atoms with E-state index >= 15 is 0 Å². The van der Waals surface area contributed by atoms with Crippen molar-refractivity contribution < 1.29 is 4.42 Å². The Morgan fingerprint density at radius 2 is 1.76 bits per heavy atom. The van der Waals surface area contributed by atoms with Gasteiger partial charge in [-0.15, -0.1) is 21.8 Å². The normalized spacial score (nSPS) is 17.9. The second-order valence-corrected chi connectivity index (χ2v) is 5.64. The van der Waals surface area contributed by atoms with Gasteiger partial charge in [-0.1, -0.05) is 54.6 Å². The van der Waals surface area contributed by atoms with Gasteiger partial charge in [0.05, 0.1) is 5.92 Å². The largest absolute Gasteiger partial charge is 0.423 e. The fourth-order valence-corrected chi connectivity index (χ4v) is 2.97. The maximum Gasteiger partial charge on any atom is 0.238 e. The molecule has 0 saturated carbocycles. The molecule has 0 aliphatic heterocycles. The van der Waals surface area contributed by atoms with Crippen molar-refractivity contribution >= 4 is 11.6 Å². The molecule has 0 bridgehead atoms. The summed E-state index contributed by atoms with van der Waals surface area (Å²) >= 11 is 6.41. The summed E-state index contributed by atoms with van der Waals surface area (Å²) in [7, 11) is 0. The average molecular weight is 297 g/mol. The van der Waals surface area contributed by atoms with Crippen LogP contribution in [-0.4, -0.2) is 10.2 Å². The fraction of sp³-hybridized carbons (Fsp3) is 0.176. The number of fused-ring (bicyclic) bond motifs is 1. The van der Waals surface area contributed by atoms with E-state index in [-0.39, 0.29) is 5.92 Å².